The van der Waals surface area contributed by atoms with Crippen molar-refractivity contribution in [2.75, 3.05) is 13.2 Å². The van der Waals surface area contributed by atoms with E-state index in [0.29, 0.717) is 25.5 Å². The molecular formula is C15H20N4OS. The summed E-state index contributed by atoms with van der Waals surface area (Å²) in [6.07, 6.45) is 1.97. The van der Waals surface area contributed by atoms with Crippen molar-refractivity contribution >= 4 is 23.5 Å². The Labute approximate surface area is 131 Å². The molecule has 0 unspecified atom stereocenters. The van der Waals surface area contributed by atoms with Crippen LogP contribution in [0.1, 0.15) is 25.8 Å². The van der Waals surface area contributed by atoms with Crippen LogP contribution in [0.15, 0.2) is 29.4 Å². The standard InChI is InChI=1S/C15H20N4OS/c1-12(2)11-20-14-6-4-13(5-7-14)10-18-19(15(17)21)9-3-8-16/h4-7,10,12H,3,9,11H2,1-2H3,(H2,17,21). The maximum atomic E-state index is 8.58. The van der Waals surface area contributed by atoms with E-state index in [1.807, 2.05) is 30.3 Å². The van der Waals surface area contributed by atoms with Crippen molar-refractivity contribution in [2.24, 2.45) is 16.8 Å². The van der Waals surface area contributed by atoms with Gasteiger partial charge in [-0.25, -0.2) is 5.01 Å². The Morgan fingerprint density at radius 1 is 1.48 bits per heavy atom. The molecule has 0 saturated carbocycles. The van der Waals surface area contributed by atoms with Crippen LogP contribution < -0.4 is 10.5 Å². The first-order valence-corrected chi connectivity index (χ1v) is 7.14. The minimum atomic E-state index is 0.151. The summed E-state index contributed by atoms with van der Waals surface area (Å²) < 4.78 is 5.61. The van der Waals surface area contributed by atoms with Crippen LogP contribution in [-0.2, 0) is 0 Å². The minimum Gasteiger partial charge on any atom is -0.493 e. The maximum absolute atomic E-state index is 8.58. The highest BCUT2D eigenvalue weighted by atomic mass is 32.1. The highest BCUT2D eigenvalue weighted by Crippen LogP contribution is 2.12. The molecule has 1 rings (SSSR count). The number of benzene rings is 1. The van der Waals surface area contributed by atoms with Gasteiger partial charge in [-0.2, -0.15) is 10.4 Å². The molecule has 21 heavy (non-hydrogen) atoms. The lowest BCUT2D eigenvalue weighted by Gasteiger charge is -2.14. The summed E-state index contributed by atoms with van der Waals surface area (Å²) in [5.41, 5.74) is 6.46. The molecule has 5 nitrogen and oxygen atoms in total. The molecule has 0 heterocycles. The second-order valence-electron chi connectivity index (χ2n) is 4.89. The van der Waals surface area contributed by atoms with Gasteiger partial charge in [-0.3, -0.25) is 0 Å². The van der Waals surface area contributed by atoms with E-state index in [0.717, 1.165) is 11.3 Å². The predicted octanol–water partition coefficient (Wildman–Crippen LogP) is 2.51. The van der Waals surface area contributed by atoms with Gasteiger partial charge in [0.1, 0.15) is 5.75 Å². The van der Waals surface area contributed by atoms with Crippen molar-refractivity contribution < 1.29 is 4.74 Å². The van der Waals surface area contributed by atoms with Crippen molar-refractivity contribution in [1.29, 1.82) is 5.26 Å². The molecule has 0 radical (unpaired) electrons. The molecule has 6 heteroatoms. The first-order valence-electron chi connectivity index (χ1n) is 6.73. The largest absolute Gasteiger partial charge is 0.493 e. The van der Waals surface area contributed by atoms with Gasteiger partial charge in [0.15, 0.2) is 5.11 Å². The molecule has 0 aliphatic rings. The Balaban J connectivity index is 2.62. The molecule has 0 aliphatic carbocycles. The number of nitrogens with two attached hydrogens (primary N) is 1. The first kappa shape index (κ1) is 16.9. The topological polar surface area (TPSA) is 74.6 Å². The van der Waals surface area contributed by atoms with Crippen LogP contribution in [0.3, 0.4) is 0 Å². The summed E-state index contributed by atoms with van der Waals surface area (Å²) in [6, 6.07) is 9.63. The summed E-state index contributed by atoms with van der Waals surface area (Å²) in [7, 11) is 0. The quantitative estimate of drug-likeness (QED) is 0.476. The molecule has 0 fully saturated rings. The van der Waals surface area contributed by atoms with Crippen molar-refractivity contribution in [2.45, 2.75) is 20.3 Å². The van der Waals surface area contributed by atoms with Gasteiger partial charge in [-0.05, 0) is 48.0 Å². The van der Waals surface area contributed by atoms with Gasteiger partial charge >= 0.3 is 0 Å². The van der Waals surface area contributed by atoms with Crippen LogP contribution in [0.25, 0.3) is 0 Å². The third-order valence-corrected chi connectivity index (χ3v) is 2.71. The number of hydrogen-bond donors (Lipinski definition) is 1. The fourth-order valence-electron chi connectivity index (χ4n) is 1.43. The Kier molecular flexibility index (Phi) is 7.19. The Morgan fingerprint density at radius 2 is 2.14 bits per heavy atom. The number of hydrogen-bond acceptors (Lipinski definition) is 4. The van der Waals surface area contributed by atoms with Crippen LogP contribution >= 0.6 is 12.2 Å². The zero-order valence-electron chi connectivity index (χ0n) is 12.3. The third kappa shape index (κ3) is 6.72. The lowest BCUT2D eigenvalue weighted by molar-refractivity contribution is 0.271. The normalized spacial score (nSPS) is 10.6. The molecular weight excluding hydrogens is 284 g/mol. The molecule has 0 amide bonds. The van der Waals surface area contributed by atoms with Crippen LogP contribution in [0, 0.1) is 17.2 Å². The van der Waals surface area contributed by atoms with E-state index in [-0.39, 0.29) is 5.11 Å². The van der Waals surface area contributed by atoms with Gasteiger partial charge in [-0.15, -0.1) is 0 Å². The van der Waals surface area contributed by atoms with Crippen LogP contribution in [-0.4, -0.2) is 29.5 Å². The van der Waals surface area contributed by atoms with E-state index in [2.05, 4.69) is 18.9 Å². The first-order chi connectivity index (χ1) is 10.0. The Bertz CT molecular complexity index is 519. The van der Waals surface area contributed by atoms with Crippen molar-refractivity contribution in [1.82, 2.24) is 5.01 Å². The summed E-state index contributed by atoms with van der Waals surface area (Å²) in [5, 5.41) is 14.3. The number of thiocarbonyl (C=S) groups is 1. The zero-order chi connectivity index (χ0) is 15.7. The fraction of sp³-hybridized carbons (Fsp3) is 0.400. The van der Waals surface area contributed by atoms with Gasteiger partial charge in [0.2, 0.25) is 0 Å². The van der Waals surface area contributed by atoms with Gasteiger partial charge in [-0.1, -0.05) is 13.8 Å². The minimum absolute atomic E-state index is 0.151. The molecule has 0 aromatic heterocycles. The highest BCUT2D eigenvalue weighted by molar-refractivity contribution is 7.80. The molecule has 112 valence electrons. The smallest absolute Gasteiger partial charge is 0.186 e. The van der Waals surface area contributed by atoms with Crippen molar-refractivity contribution in [3.8, 4) is 11.8 Å². The lowest BCUT2D eigenvalue weighted by atomic mass is 10.2. The molecule has 2 N–H and O–H groups in total. The van der Waals surface area contributed by atoms with Gasteiger partial charge in [0, 0.05) is 0 Å². The predicted molar refractivity (Wildman–Crippen MR) is 88.1 cm³/mol. The fourth-order valence-corrected chi connectivity index (χ4v) is 1.57. The van der Waals surface area contributed by atoms with Crippen molar-refractivity contribution in [3.63, 3.8) is 0 Å². The molecule has 0 atom stereocenters. The van der Waals surface area contributed by atoms with E-state index in [1.165, 1.54) is 5.01 Å². The van der Waals surface area contributed by atoms with Crippen LogP contribution in [0.2, 0.25) is 0 Å². The number of hydrazone groups is 1. The molecule has 0 bridgehead atoms. The third-order valence-electron chi connectivity index (χ3n) is 2.50. The Morgan fingerprint density at radius 3 is 2.67 bits per heavy atom. The van der Waals surface area contributed by atoms with E-state index in [9.17, 15) is 0 Å². The second kappa shape index (κ2) is 8.93. The zero-order valence-corrected chi connectivity index (χ0v) is 13.1. The lowest BCUT2D eigenvalue weighted by Crippen LogP contribution is -2.31. The Hall–Kier alpha value is -2.13. The number of ether oxygens (including phenoxy) is 1. The molecule has 1 aromatic rings. The highest BCUT2D eigenvalue weighted by Gasteiger charge is 2.03. The summed E-state index contributed by atoms with van der Waals surface area (Å²) in [4.78, 5) is 0. The maximum Gasteiger partial charge on any atom is 0.186 e. The van der Waals surface area contributed by atoms with E-state index >= 15 is 0 Å². The van der Waals surface area contributed by atoms with Gasteiger partial charge < -0.3 is 10.5 Å². The molecule has 1 aromatic carbocycles. The summed E-state index contributed by atoms with van der Waals surface area (Å²) in [6.45, 7) is 5.29. The monoisotopic (exact) mass is 304 g/mol. The number of rotatable bonds is 7. The SMILES string of the molecule is CC(C)COc1ccc(C=NN(CCC#N)C(N)=S)cc1. The van der Waals surface area contributed by atoms with Gasteiger partial charge in [0.25, 0.3) is 0 Å². The van der Waals surface area contributed by atoms with E-state index in [1.54, 1.807) is 6.21 Å². The second-order valence-corrected chi connectivity index (χ2v) is 5.31. The molecule has 0 aliphatic heterocycles. The summed E-state index contributed by atoms with van der Waals surface area (Å²) in [5.74, 6) is 1.32. The molecule has 0 spiro atoms. The van der Waals surface area contributed by atoms with Crippen LogP contribution in [0.4, 0.5) is 0 Å². The van der Waals surface area contributed by atoms with E-state index < -0.39 is 0 Å². The summed E-state index contributed by atoms with van der Waals surface area (Å²) >= 11 is 4.89. The number of nitriles is 1. The van der Waals surface area contributed by atoms with Gasteiger partial charge in [0.05, 0.1) is 31.9 Å². The average Bonchev–Trinajstić information content (AvgIpc) is 2.46. The van der Waals surface area contributed by atoms with Crippen LogP contribution in [0.5, 0.6) is 5.75 Å². The van der Waals surface area contributed by atoms with E-state index in [4.69, 9.17) is 28.0 Å². The van der Waals surface area contributed by atoms with Crippen molar-refractivity contribution in [3.05, 3.63) is 29.8 Å². The average molecular weight is 304 g/mol. The number of nitrogens with zero attached hydrogens (tertiary/aromatic N) is 3. The molecule has 0 saturated heterocycles.